The molecule has 0 saturated heterocycles. The van der Waals surface area contributed by atoms with Gasteiger partial charge in [0.2, 0.25) is 10.0 Å². The summed E-state index contributed by atoms with van der Waals surface area (Å²) in [6.45, 7) is 2.29. The van der Waals surface area contributed by atoms with Gasteiger partial charge < -0.3 is 10.1 Å². The minimum absolute atomic E-state index is 0.105. The quantitative estimate of drug-likeness (QED) is 0.703. The molecule has 0 radical (unpaired) electrons. The Hall–Kier alpha value is -2.38. The smallest absolute Gasteiger partial charge is 0.251 e. The maximum Gasteiger partial charge on any atom is 0.251 e. The highest BCUT2D eigenvalue weighted by Crippen LogP contribution is 2.12. The van der Waals surface area contributed by atoms with Crippen LogP contribution in [0.25, 0.3) is 0 Å². The van der Waals surface area contributed by atoms with E-state index >= 15 is 0 Å². The molecule has 0 fully saturated rings. The molecule has 0 saturated carbocycles. The van der Waals surface area contributed by atoms with Crippen molar-refractivity contribution in [1.82, 2.24) is 10.0 Å². The molecule has 1 amide bonds. The molecule has 0 spiro atoms. The van der Waals surface area contributed by atoms with E-state index in [1.807, 2.05) is 6.92 Å². The summed E-state index contributed by atoms with van der Waals surface area (Å²) in [6.07, 6.45) is 0.851. The molecule has 2 aromatic carbocycles. The van der Waals surface area contributed by atoms with Gasteiger partial charge >= 0.3 is 0 Å². The van der Waals surface area contributed by atoms with E-state index in [9.17, 15) is 13.2 Å². The first-order valence-corrected chi connectivity index (χ1v) is 9.45. The van der Waals surface area contributed by atoms with Gasteiger partial charge in [0.1, 0.15) is 5.75 Å². The van der Waals surface area contributed by atoms with Gasteiger partial charge in [0, 0.05) is 18.7 Å². The van der Waals surface area contributed by atoms with Crippen molar-refractivity contribution < 1.29 is 17.9 Å². The van der Waals surface area contributed by atoms with Crippen LogP contribution in [0.2, 0.25) is 0 Å². The van der Waals surface area contributed by atoms with Crippen LogP contribution in [0.3, 0.4) is 0 Å². The third-order valence-corrected chi connectivity index (χ3v) is 5.15. The zero-order valence-electron chi connectivity index (χ0n) is 14.3. The Morgan fingerprint density at radius 3 is 2.44 bits per heavy atom. The lowest BCUT2D eigenvalue weighted by atomic mass is 10.2. The minimum Gasteiger partial charge on any atom is -0.497 e. The number of aryl methyl sites for hydroxylation is 1. The maximum absolute atomic E-state index is 12.2. The van der Waals surface area contributed by atoms with E-state index in [1.54, 1.807) is 48.5 Å². The lowest BCUT2D eigenvalue weighted by molar-refractivity contribution is 0.0954. The fourth-order valence-electron chi connectivity index (χ4n) is 2.22. The number of rotatable bonds is 8. The maximum atomic E-state index is 12.2. The molecule has 0 aromatic heterocycles. The first-order chi connectivity index (χ1) is 12.0. The molecular formula is C18H22N2O4S. The molecule has 25 heavy (non-hydrogen) atoms. The summed E-state index contributed by atoms with van der Waals surface area (Å²) in [4.78, 5) is 12.2. The van der Waals surface area contributed by atoms with Gasteiger partial charge in [0.25, 0.3) is 5.91 Å². The molecule has 6 nitrogen and oxygen atoms in total. The molecule has 2 aromatic rings. The van der Waals surface area contributed by atoms with Gasteiger partial charge in [-0.3, -0.25) is 4.79 Å². The minimum atomic E-state index is -3.58. The second kappa shape index (κ2) is 8.64. The van der Waals surface area contributed by atoms with Crippen LogP contribution in [0.1, 0.15) is 22.8 Å². The summed E-state index contributed by atoms with van der Waals surface area (Å²) in [6, 6.07) is 13.5. The van der Waals surface area contributed by atoms with Crippen LogP contribution in [0, 0.1) is 0 Å². The molecule has 0 heterocycles. The summed E-state index contributed by atoms with van der Waals surface area (Å²) in [5.74, 6) is 0.300. The summed E-state index contributed by atoms with van der Waals surface area (Å²) < 4.78 is 31.9. The zero-order valence-corrected chi connectivity index (χ0v) is 15.1. The monoisotopic (exact) mass is 362 g/mol. The van der Waals surface area contributed by atoms with Gasteiger partial charge in [-0.1, -0.05) is 25.1 Å². The molecule has 0 aliphatic heterocycles. The van der Waals surface area contributed by atoms with Crippen LogP contribution < -0.4 is 14.8 Å². The topological polar surface area (TPSA) is 84.5 Å². The molecule has 0 unspecified atom stereocenters. The molecule has 0 atom stereocenters. The first kappa shape index (κ1) is 19.0. The number of carbonyl (C=O) groups is 1. The Balaban J connectivity index is 1.85. The molecule has 2 N–H and O–H groups in total. The number of nitrogens with one attached hydrogen (secondary N) is 2. The number of hydrogen-bond acceptors (Lipinski definition) is 4. The number of hydrogen-bond donors (Lipinski definition) is 2. The lowest BCUT2D eigenvalue weighted by Gasteiger charge is -2.09. The van der Waals surface area contributed by atoms with Crippen LogP contribution in [0.5, 0.6) is 5.75 Å². The van der Waals surface area contributed by atoms with E-state index in [0.717, 1.165) is 12.0 Å². The molecule has 134 valence electrons. The SMILES string of the molecule is CCc1ccc(S(=O)(=O)NCCNC(=O)c2cccc(OC)c2)cc1. The van der Waals surface area contributed by atoms with E-state index in [1.165, 1.54) is 7.11 Å². The molecule has 2 rings (SSSR count). The predicted molar refractivity (Wildman–Crippen MR) is 96.3 cm³/mol. The van der Waals surface area contributed by atoms with Gasteiger partial charge in [0.05, 0.1) is 12.0 Å². The summed E-state index contributed by atoms with van der Waals surface area (Å²) in [5.41, 5.74) is 1.53. The predicted octanol–water partition coefficient (Wildman–Crippen LogP) is 1.97. The van der Waals surface area contributed by atoms with Gasteiger partial charge in [-0.15, -0.1) is 0 Å². The van der Waals surface area contributed by atoms with Crippen molar-refractivity contribution in [2.24, 2.45) is 0 Å². The van der Waals surface area contributed by atoms with Crippen LogP contribution in [-0.2, 0) is 16.4 Å². The average molecular weight is 362 g/mol. The van der Waals surface area contributed by atoms with E-state index in [-0.39, 0.29) is 23.9 Å². The van der Waals surface area contributed by atoms with Crippen molar-refractivity contribution in [3.05, 3.63) is 59.7 Å². The van der Waals surface area contributed by atoms with Crippen molar-refractivity contribution in [3.63, 3.8) is 0 Å². The first-order valence-electron chi connectivity index (χ1n) is 7.97. The fraction of sp³-hybridized carbons (Fsp3) is 0.278. The molecule has 0 aliphatic rings. The standard InChI is InChI=1S/C18H22N2O4S/c1-3-14-7-9-17(10-8-14)25(22,23)20-12-11-19-18(21)15-5-4-6-16(13-15)24-2/h4-10,13,20H,3,11-12H2,1-2H3,(H,19,21). The third-order valence-electron chi connectivity index (χ3n) is 3.68. The van der Waals surface area contributed by atoms with Crippen molar-refractivity contribution >= 4 is 15.9 Å². The van der Waals surface area contributed by atoms with Crippen LogP contribution >= 0.6 is 0 Å². The van der Waals surface area contributed by atoms with Gasteiger partial charge in [-0.05, 0) is 42.3 Å². The number of methoxy groups -OCH3 is 1. The summed E-state index contributed by atoms with van der Waals surface area (Å²) in [7, 11) is -2.05. The molecule has 0 aliphatic carbocycles. The van der Waals surface area contributed by atoms with Crippen molar-refractivity contribution in [2.45, 2.75) is 18.2 Å². The van der Waals surface area contributed by atoms with Crippen molar-refractivity contribution in [3.8, 4) is 5.75 Å². The molecule has 0 bridgehead atoms. The van der Waals surface area contributed by atoms with Crippen LogP contribution in [0.15, 0.2) is 53.4 Å². The van der Waals surface area contributed by atoms with E-state index in [0.29, 0.717) is 11.3 Å². The van der Waals surface area contributed by atoms with Crippen molar-refractivity contribution in [2.75, 3.05) is 20.2 Å². The number of ether oxygens (including phenoxy) is 1. The molecular weight excluding hydrogens is 340 g/mol. The average Bonchev–Trinajstić information content (AvgIpc) is 2.65. The second-order valence-electron chi connectivity index (χ2n) is 5.38. The summed E-state index contributed by atoms with van der Waals surface area (Å²) in [5, 5.41) is 2.67. The molecule has 7 heteroatoms. The third kappa shape index (κ3) is 5.30. The zero-order chi connectivity index (χ0) is 18.3. The van der Waals surface area contributed by atoms with Gasteiger partial charge in [-0.2, -0.15) is 0 Å². The van der Waals surface area contributed by atoms with Gasteiger partial charge in [0.15, 0.2) is 0 Å². The number of amides is 1. The number of sulfonamides is 1. The lowest BCUT2D eigenvalue weighted by Crippen LogP contribution is -2.34. The van der Waals surface area contributed by atoms with Gasteiger partial charge in [-0.25, -0.2) is 13.1 Å². The fourth-order valence-corrected chi connectivity index (χ4v) is 3.25. The highest BCUT2D eigenvalue weighted by Gasteiger charge is 2.13. The number of carbonyl (C=O) groups excluding carboxylic acids is 1. The van der Waals surface area contributed by atoms with Crippen molar-refractivity contribution in [1.29, 1.82) is 0 Å². The van der Waals surface area contributed by atoms with E-state index < -0.39 is 10.0 Å². The highest BCUT2D eigenvalue weighted by molar-refractivity contribution is 7.89. The summed E-state index contributed by atoms with van der Waals surface area (Å²) >= 11 is 0. The van der Waals surface area contributed by atoms with E-state index in [4.69, 9.17) is 4.74 Å². The Bertz CT molecular complexity index is 817. The van der Waals surface area contributed by atoms with Crippen LogP contribution in [-0.4, -0.2) is 34.5 Å². The normalized spacial score (nSPS) is 11.1. The van der Waals surface area contributed by atoms with Crippen LogP contribution in [0.4, 0.5) is 0 Å². The van der Waals surface area contributed by atoms with E-state index in [2.05, 4.69) is 10.0 Å². The Labute approximate surface area is 148 Å². The Morgan fingerprint density at radius 1 is 1.08 bits per heavy atom. The second-order valence-corrected chi connectivity index (χ2v) is 7.15. The largest absolute Gasteiger partial charge is 0.497 e. The Kier molecular flexibility index (Phi) is 6.55. The number of benzene rings is 2. The highest BCUT2D eigenvalue weighted by atomic mass is 32.2. The Morgan fingerprint density at radius 2 is 1.80 bits per heavy atom.